The number of amides is 1. The molecule has 1 unspecified atom stereocenters. The van der Waals surface area contributed by atoms with Gasteiger partial charge in [0.2, 0.25) is 0 Å². The number of hydrogen-bond donors (Lipinski definition) is 1. The number of halogens is 1. The molecule has 0 aliphatic carbocycles. The first-order chi connectivity index (χ1) is 8.08. The van der Waals surface area contributed by atoms with E-state index in [0.717, 1.165) is 25.9 Å². The summed E-state index contributed by atoms with van der Waals surface area (Å²) in [5, 5.41) is 0.249. The maximum atomic E-state index is 12.0. The number of furan rings is 1. The molecule has 4 nitrogen and oxygen atoms in total. The van der Waals surface area contributed by atoms with Crippen molar-refractivity contribution in [3.05, 3.63) is 23.1 Å². The number of hydrogen-bond acceptors (Lipinski definition) is 3. The molecule has 1 saturated heterocycles. The molecule has 2 N–H and O–H groups in total. The van der Waals surface area contributed by atoms with Crippen molar-refractivity contribution in [2.24, 2.45) is 11.7 Å². The van der Waals surface area contributed by atoms with Gasteiger partial charge in [-0.05, 0) is 49.4 Å². The molecular formula is C12H17ClN2O2. The Balaban J connectivity index is 1.95. The molecule has 0 aromatic carbocycles. The quantitative estimate of drug-likeness (QED) is 0.882. The average Bonchev–Trinajstić information content (AvgIpc) is 2.75. The third-order valence-corrected chi connectivity index (χ3v) is 3.56. The van der Waals surface area contributed by atoms with Gasteiger partial charge in [0.1, 0.15) is 0 Å². The first-order valence-corrected chi connectivity index (χ1v) is 6.26. The Labute approximate surface area is 106 Å². The van der Waals surface area contributed by atoms with E-state index in [1.54, 1.807) is 17.0 Å². The molecule has 1 atom stereocenters. The van der Waals surface area contributed by atoms with E-state index >= 15 is 0 Å². The Morgan fingerprint density at radius 3 is 2.65 bits per heavy atom. The van der Waals surface area contributed by atoms with Crippen molar-refractivity contribution in [1.29, 1.82) is 0 Å². The third kappa shape index (κ3) is 2.82. The molecule has 94 valence electrons. The molecule has 2 heterocycles. The minimum Gasteiger partial charge on any atom is -0.440 e. The van der Waals surface area contributed by atoms with Crippen LogP contribution in [0.1, 0.15) is 30.3 Å². The minimum absolute atomic E-state index is 0.0833. The number of nitrogens with two attached hydrogens (primary N) is 1. The minimum atomic E-state index is -0.0833. The van der Waals surface area contributed by atoms with Crippen molar-refractivity contribution in [2.75, 3.05) is 13.1 Å². The van der Waals surface area contributed by atoms with Gasteiger partial charge in [-0.25, -0.2) is 0 Å². The van der Waals surface area contributed by atoms with Gasteiger partial charge in [-0.3, -0.25) is 4.79 Å². The third-order valence-electron chi connectivity index (χ3n) is 3.35. The van der Waals surface area contributed by atoms with E-state index in [2.05, 4.69) is 0 Å². The lowest BCUT2D eigenvalue weighted by Gasteiger charge is -2.33. The van der Waals surface area contributed by atoms with Crippen LogP contribution in [0.25, 0.3) is 0 Å². The molecule has 0 saturated carbocycles. The number of rotatable bonds is 2. The highest BCUT2D eigenvalue weighted by atomic mass is 35.5. The summed E-state index contributed by atoms with van der Waals surface area (Å²) in [6.45, 7) is 3.50. The molecule has 0 spiro atoms. The predicted octanol–water partition coefficient (Wildman–Crippen LogP) is 2.13. The first-order valence-electron chi connectivity index (χ1n) is 5.88. The number of carbonyl (C=O) groups is 1. The standard InChI is InChI=1S/C12H17ClN2O2/c1-8(14)9-4-6-15(7-5-9)12(16)10-2-3-11(13)17-10/h2-3,8-9H,4-7,14H2,1H3. The van der Waals surface area contributed by atoms with E-state index in [0.29, 0.717) is 11.7 Å². The van der Waals surface area contributed by atoms with E-state index in [1.807, 2.05) is 6.92 Å². The van der Waals surface area contributed by atoms with Crippen molar-refractivity contribution in [3.63, 3.8) is 0 Å². The van der Waals surface area contributed by atoms with E-state index in [9.17, 15) is 4.79 Å². The van der Waals surface area contributed by atoms with Crippen LogP contribution >= 0.6 is 11.6 Å². The van der Waals surface area contributed by atoms with Crippen LogP contribution in [0.15, 0.2) is 16.5 Å². The molecule has 1 aromatic rings. The van der Waals surface area contributed by atoms with Crippen molar-refractivity contribution in [1.82, 2.24) is 4.90 Å². The van der Waals surface area contributed by atoms with Crippen LogP contribution in [-0.4, -0.2) is 29.9 Å². The van der Waals surface area contributed by atoms with Crippen LogP contribution in [0, 0.1) is 5.92 Å². The maximum absolute atomic E-state index is 12.0. The Bertz CT molecular complexity index is 395. The first kappa shape index (κ1) is 12.5. The highest BCUT2D eigenvalue weighted by Gasteiger charge is 2.26. The number of nitrogens with zero attached hydrogens (tertiary/aromatic N) is 1. The van der Waals surface area contributed by atoms with Gasteiger partial charge in [0, 0.05) is 19.1 Å². The van der Waals surface area contributed by atoms with E-state index < -0.39 is 0 Å². The highest BCUT2D eigenvalue weighted by molar-refractivity contribution is 6.29. The predicted molar refractivity (Wildman–Crippen MR) is 66.0 cm³/mol. The van der Waals surface area contributed by atoms with E-state index in [-0.39, 0.29) is 17.2 Å². The van der Waals surface area contributed by atoms with Gasteiger partial charge in [0.15, 0.2) is 11.0 Å². The Hall–Kier alpha value is -1.00. The Morgan fingerprint density at radius 1 is 1.53 bits per heavy atom. The summed E-state index contributed by atoms with van der Waals surface area (Å²) in [6.07, 6.45) is 1.91. The van der Waals surface area contributed by atoms with Crippen LogP contribution in [0.2, 0.25) is 5.22 Å². The molecule has 0 radical (unpaired) electrons. The summed E-state index contributed by atoms with van der Waals surface area (Å²) < 4.78 is 5.12. The second kappa shape index (κ2) is 5.10. The summed E-state index contributed by atoms with van der Waals surface area (Å²) in [5.41, 5.74) is 5.86. The molecule has 1 aliphatic rings. The zero-order valence-corrected chi connectivity index (χ0v) is 10.6. The number of piperidine rings is 1. The van der Waals surface area contributed by atoms with E-state index in [4.69, 9.17) is 21.8 Å². The molecular weight excluding hydrogens is 240 g/mol. The number of likely N-dealkylation sites (tertiary alicyclic amines) is 1. The summed E-state index contributed by atoms with van der Waals surface area (Å²) >= 11 is 5.65. The lowest BCUT2D eigenvalue weighted by atomic mass is 9.91. The SMILES string of the molecule is CC(N)C1CCN(C(=O)c2ccc(Cl)o2)CC1. The second-order valence-electron chi connectivity index (χ2n) is 4.59. The van der Waals surface area contributed by atoms with Gasteiger partial charge in [0.05, 0.1) is 0 Å². The Morgan fingerprint density at radius 2 is 2.18 bits per heavy atom. The summed E-state index contributed by atoms with van der Waals surface area (Å²) in [4.78, 5) is 13.8. The van der Waals surface area contributed by atoms with Crippen LogP contribution < -0.4 is 5.73 Å². The lowest BCUT2D eigenvalue weighted by molar-refractivity contribution is 0.0649. The smallest absolute Gasteiger partial charge is 0.289 e. The molecule has 5 heteroatoms. The molecule has 2 rings (SSSR count). The second-order valence-corrected chi connectivity index (χ2v) is 4.97. The summed E-state index contributed by atoms with van der Waals surface area (Å²) in [6, 6.07) is 3.40. The van der Waals surface area contributed by atoms with Gasteiger partial charge in [-0.1, -0.05) is 0 Å². The molecule has 1 fully saturated rings. The van der Waals surface area contributed by atoms with Gasteiger partial charge >= 0.3 is 0 Å². The number of carbonyl (C=O) groups excluding carboxylic acids is 1. The molecule has 1 aliphatic heterocycles. The molecule has 1 aromatic heterocycles. The zero-order chi connectivity index (χ0) is 12.4. The van der Waals surface area contributed by atoms with Gasteiger partial charge in [0.25, 0.3) is 5.91 Å². The molecule has 0 bridgehead atoms. The molecule has 1 amide bonds. The largest absolute Gasteiger partial charge is 0.440 e. The van der Waals surface area contributed by atoms with Crippen LogP contribution in [0.4, 0.5) is 0 Å². The van der Waals surface area contributed by atoms with Crippen molar-refractivity contribution < 1.29 is 9.21 Å². The van der Waals surface area contributed by atoms with Gasteiger partial charge < -0.3 is 15.1 Å². The normalized spacial score (nSPS) is 19.4. The van der Waals surface area contributed by atoms with Crippen molar-refractivity contribution >= 4 is 17.5 Å². The molecule has 17 heavy (non-hydrogen) atoms. The summed E-state index contributed by atoms with van der Waals surface area (Å²) in [5.74, 6) is 0.744. The van der Waals surface area contributed by atoms with Crippen LogP contribution in [0.5, 0.6) is 0 Å². The zero-order valence-electron chi connectivity index (χ0n) is 9.86. The average molecular weight is 257 g/mol. The summed E-state index contributed by atoms with van der Waals surface area (Å²) in [7, 11) is 0. The van der Waals surface area contributed by atoms with E-state index in [1.165, 1.54) is 0 Å². The van der Waals surface area contributed by atoms with Gasteiger partial charge in [-0.15, -0.1) is 0 Å². The fraction of sp³-hybridized carbons (Fsp3) is 0.583. The fourth-order valence-corrected chi connectivity index (χ4v) is 2.36. The maximum Gasteiger partial charge on any atom is 0.289 e. The van der Waals surface area contributed by atoms with Crippen molar-refractivity contribution in [3.8, 4) is 0 Å². The monoisotopic (exact) mass is 256 g/mol. The highest BCUT2D eigenvalue weighted by Crippen LogP contribution is 2.22. The van der Waals surface area contributed by atoms with Crippen LogP contribution in [0.3, 0.4) is 0 Å². The fourth-order valence-electron chi connectivity index (χ4n) is 2.21. The van der Waals surface area contributed by atoms with Gasteiger partial charge in [-0.2, -0.15) is 0 Å². The Kier molecular flexibility index (Phi) is 3.74. The van der Waals surface area contributed by atoms with Crippen LogP contribution in [-0.2, 0) is 0 Å². The topological polar surface area (TPSA) is 59.5 Å². The lowest BCUT2D eigenvalue weighted by Crippen LogP contribution is -2.42. The van der Waals surface area contributed by atoms with Crippen molar-refractivity contribution in [2.45, 2.75) is 25.8 Å².